The van der Waals surface area contributed by atoms with Crippen molar-refractivity contribution in [2.24, 2.45) is 11.8 Å². The van der Waals surface area contributed by atoms with Crippen LogP contribution >= 0.6 is 0 Å². The third-order valence-electron chi connectivity index (χ3n) is 9.98. The molecule has 0 unspecified atom stereocenters. The van der Waals surface area contributed by atoms with E-state index in [1.54, 1.807) is 34.0 Å². The number of aryl methyl sites for hydroxylation is 1. The van der Waals surface area contributed by atoms with Gasteiger partial charge in [-0.15, -0.1) is 0 Å². The van der Waals surface area contributed by atoms with Gasteiger partial charge in [0.1, 0.15) is 17.5 Å². The van der Waals surface area contributed by atoms with Gasteiger partial charge in [0.2, 0.25) is 0 Å². The summed E-state index contributed by atoms with van der Waals surface area (Å²) in [5, 5.41) is 29.5. The Bertz CT molecular complexity index is 2010. The van der Waals surface area contributed by atoms with Crippen molar-refractivity contribution in [1.82, 2.24) is 39.8 Å². The normalized spacial score (nSPS) is 18.9. The van der Waals surface area contributed by atoms with E-state index in [4.69, 9.17) is 11.1 Å². The van der Waals surface area contributed by atoms with Crippen LogP contribution in [0.4, 0.5) is 17.5 Å². The Hall–Kier alpha value is -5.19. The summed E-state index contributed by atoms with van der Waals surface area (Å²) in [4.78, 5) is 30.9. The fraction of sp³-hybridized carbons (Fsp3) is 0.395. The summed E-state index contributed by atoms with van der Waals surface area (Å²) >= 11 is 0. The number of anilines is 3. The number of nitrogens with one attached hydrogen (secondary N) is 2. The summed E-state index contributed by atoms with van der Waals surface area (Å²) in [6.07, 6.45) is 14.2. The molecule has 2 fully saturated rings. The molecule has 14 nitrogen and oxygen atoms in total. The molecule has 1 amide bonds. The van der Waals surface area contributed by atoms with Gasteiger partial charge in [0.15, 0.2) is 0 Å². The van der Waals surface area contributed by atoms with E-state index >= 15 is 0 Å². The van der Waals surface area contributed by atoms with E-state index in [1.807, 2.05) is 30.6 Å². The number of amides is 1. The predicted molar refractivity (Wildman–Crippen MR) is 197 cm³/mol. The van der Waals surface area contributed by atoms with Crippen LogP contribution in [0.2, 0.25) is 0 Å². The summed E-state index contributed by atoms with van der Waals surface area (Å²) < 4.78 is 3.42. The maximum atomic E-state index is 12.7. The summed E-state index contributed by atoms with van der Waals surface area (Å²) in [6.45, 7) is 9.94. The Balaban J connectivity index is 0.000000191. The molecular formula is C38H45LiN12O2. The topological polar surface area (TPSA) is 183 Å². The van der Waals surface area contributed by atoms with Gasteiger partial charge < -0.3 is 31.4 Å². The molecule has 0 bridgehead atoms. The number of hydrogen-bond acceptors (Lipinski definition) is 11. The molecule has 0 saturated carbocycles. The van der Waals surface area contributed by atoms with E-state index in [0.717, 1.165) is 84.9 Å². The van der Waals surface area contributed by atoms with Gasteiger partial charge in [-0.2, -0.15) is 10.2 Å². The van der Waals surface area contributed by atoms with Crippen LogP contribution < -0.4 is 44.8 Å². The van der Waals surface area contributed by atoms with Crippen LogP contribution in [0.1, 0.15) is 77.5 Å². The molecule has 4 N–H and O–H groups in total. The van der Waals surface area contributed by atoms with Crippen molar-refractivity contribution in [3.63, 3.8) is 0 Å². The average molecular weight is 709 g/mol. The zero-order valence-corrected chi connectivity index (χ0v) is 30.7. The number of rotatable bonds is 9. The Morgan fingerprint density at radius 1 is 0.830 bits per heavy atom. The first-order valence-corrected chi connectivity index (χ1v) is 17.9. The Kier molecular flexibility index (Phi) is 11.8. The monoisotopic (exact) mass is 708 g/mol. The number of fused-ring (bicyclic) bond motifs is 1. The average Bonchev–Trinajstić information content (AvgIpc) is 3.99. The van der Waals surface area contributed by atoms with Crippen molar-refractivity contribution in [3.05, 3.63) is 107 Å². The standard InChI is InChI=1S/C23H27N7O.C15H19N5O.Li/c1-15-8-9-29(12-15)22-7-2-16(10-25-22)13-30-14-17(11-26-30)23(31)28-20-5-4-19-18(20)3-6-21(24)27-19;1-11-4-5-19(8-11)14-3-2-12(6-17-14)9-20-10-13(7-18-20)15(16)21;/h2-3,6-7,10-11,14-15,20H,4-5,8-9,12-13H2,1H3,(H2,24,27)(H,28,31);2-3,6-7,10-11H,4-5,8-9H2,1H3,(H2,16,21);/q;;+1/p-1/t15-,20+;11-;/m00./s1. The van der Waals surface area contributed by atoms with Crippen molar-refractivity contribution in [2.75, 3.05) is 41.7 Å². The molecular weight excluding hydrogens is 663 g/mol. The number of hydrogen-bond donors (Lipinski definition) is 3. The van der Waals surface area contributed by atoms with Crippen LogP contribution in [0.15, 0.2) is 73.6 Å². The number of pyridine rings is 3. The van der Waals surface area contributed by atoms with E-state index in [-0.39, 0.29) is 30.8 Å². The van der Waals surface area contributed by atoms with E-state index in [2.05, 4.69) is 66.2 Å². The molecule has 15 heteroatoms. The largest absolute Gasteiger partial charge is 1.00 e. The fourth-order valence-electron chi connectivity index (χ4n) is 7.06. The van der Waals surface area contributed by atoms with Crippen LogP contribution in [0.5, 0.6) is 0 Å². The molecule has 3 aliphatic rings. The third kappa shape index (κ3) is 9.25. The number of nitrogen functional groups attached to an aromatic ring is 1. The molecule has 1 aliphatic carbocycles. The number of carbonyl (C=O) groups excluding carboxylic acids is 1. The summed E-state index contributed by atoms with van der Waals surface area (Å²) in [5.74, 6) is 3.19. The Labute approximate surface area is 321 Å². The maximum absolute atomic E-state index is 12.7. The van der Waals surface area contributed by atoms with Gasteiger partial charge in [-0.3, -0.25) is 14.2 Å². The predicted octanol–water partition coefficient (Wildman–Crippen LogP) is 0.429. The minimum absolute atomic E-state index is 0. The second-order valence-corrected chi connectivity index (χ2v) is 14.2. The van der Waals surface area contributed by atoms with Gasteiger partial charge in [-0.1, -0.05) is 32.0 Å². The number of carbonyl (C=O) groups is 1. The van der Waals surface area contributed by atoms with Gasteiger partial charge in [0, 0.05) is 62.2 Å². The van der Waals surface area contributed by atoms with Gasteiger partial charge in [-0.25, -0.2) is 15.0 Å². The first kappa shape index (κ1) is 37.6. The molecule has 2 saturated heterocycles. The van der Waals surface area contributed by atoms with Crippen molar-refractivity contribution in [2.45, 2.75) is 58.7 Å². The number of nitrogens with two attached hydrogens (primary N) is 1. The second kappa shape index (κ2) is 16.6. The smallest absolute Gasteiger partial charge is 0.859 e. The summed E-state index contributed by atoms with van der Waals surface area (Å²) in [7, 11) is 0. The number of aromatic nitrogens is 7. The zero-order valence-electron chi connectivity index (χ0n) is 30.7. The van der Waals surface area contributed by atoms with Crippen LogP contribution in [-0.4, -0.2) is 72.5 Å². The van der Waals surface area contributed by atoms with Gasteiger partial charge in [0.05, 0.1) is 37.1 Å². The molecule has 3 atom stereocenters. The van der Waals surface area contributed by atoms with Gasteiger partial charge in [-0.05, 0) is 78.3 Å². The molecule has 0 radical (unpaired) electrons. The minimum atomic E-state index is -0.710. The molecule has 5 aromatic heterocycles. The quantitative estimate of drug-likeness (QED) is 0.110. The van der Waals surface area contributed by atoms with Crippen molar-refractivity contribution in [1.29, 1.82) is 5.41 Å². The van der Waals surface area contributed by atoms with Crippen molar-refractivity contribution >= 4 is 29.3 Å². The van der Waals surface area contributed by atoms with E-state index in [0.29, 0.717) is 30.0 Å². The second-order valence-electron chi connectivity index (χ2n) is 14.2. The minimum Gasteiger partial charge on any atom is -0.859 e. The molecule has 8 rings (SSSR count). The van der Waals surface area contributed by atoms with Gasteiger partial charge >= 0.3 is 18.9 Å². The Morgan fingerprint density at radius 3 is 1.89 bits per heavy atom. The molecule has 0 aromatic carbocycles. The van der Waals surface area contributed by atoms with E-state index in [9.17, 15) is 9.90 Å². The van der Waals surface area contributed by atoms with Crippen LogP contribution in [0.3, 0.4) is 0 Å². The Morgan fingerprint density at radius 2 is 1.40 bits per heavy atom. The molecule has 2 aliphatic heterocycles. The maximum Gasteiger partial charge on any atom is 1.00 e. The molecule has 53 heavy (non-hydrogen) atoms. The van der Waals surface area contributed by atoms with Crippen molar-refractivity contribution in [3.8, 4) is 0 Å². The van der Waals surface area contributed by atoms with E-state index in [1.165, 1.54) is 19.0 Å². The van der Waals surface area contributed by atoms with Crippen LogP contribution in [0, 0.1) is 17.2 Å². The first-order chi connectivity index (χ1) is 25.2. The summed E-state index contributed by atoms with van der Waals surface area (Å²) in [5.41, 5.74) is 10.7. The number of nitrogens with zero attached hydrogens (tertiary/aromatic N) is 9. The molecule has 0 spiro atoms. The zero-order chi connectivity index (χ0) is 36.2. The third-order valence-corrected chi connectivity index (χ3v) is 9.98. The van der Waals surface area contributed by atoms with E-state index < -0.39 is 5.90 Å². The van der Waals surface area contributed by atoms with Gasteiger partial charge in [0.25, 0.3) is 5.91 Å². The molecule has 7 heterocycles. The summed E-state index contributed by atoms with van der Waals surface area (Å²) in [6, 6.07) is 11.9. The molecule has 270 valence electrons. The van der Waals surface area contributed by atoms with Crippen LogP contribution in [-0.2, 0) is 19.5 Å². The van der Waals surface area contributed by atoms with Crippen molar-refractivity contribution < 1.29 is 28.8 Å². The SMILES string of the molecule is C[C@H]1CCN(c2ccc(Cn3cc(C(=N)[O-])cn3)cn2)C1.C[C@H]1CCN(c2ccc(Cn3cc(C(=O)N[C@@H]4CCc5nc(N)ccc54)cn3)cn2)C1.[Li+]. The fourth-order valence-corrected chi connectivity index (χ4v) is 7.06. The van der Waals surface area contributed by atoms with Crippen LogP contribution in [0.25, 0.3) is 0 Å². The molecule has 5 aromatic rings. The first-order valence-electron chi connectivity index (χ1n) is 17.9.